The summed E-state index contributed by atoms with van der Waals surface area (Å²) in [5.41, 5.74) is 7.12. The summed E-state index contributed by atoms with van der Waals surface area (Å²) in [6.45, 7) is 4.14. The lowest BCUT2D eigenvalue weighted by Gasteiger charge is -2.08. The summed E-state index contributed by atoms with van der Waals surface area (Å²) in [5.74, 6) is 0.957. The molecular formula is C10H17NO. The van der Waals surface area contributed by atoms with Crippen LogP contribution in [0.5, 0.6) is 0 Å². The van der Waals surface area contributed by atoms with Crippen LogP contribution in [-0.4, -0.2) is 0 Å². The van der Waals surface area contributed by atoms with Gasteiger partial charge in [-0.15, -0.1) is 0 Å². The average Bonchev–Trinajstić information content (AvgIpc) is 2.47. The first kappa shape index (κ1) is 9.33. The van der Waals surface area contributed by atoms with E-state index in [1.54, 1.807) is 6.26 Å². The van der Waals surface area contributed by atoms with Gasteiger partial charge in [0.05, 0.1) is 6.26 Å². The van der Waals surface area contributed by atoms with Gasteiger partial charge in [0.15, 0.2) is 0 Å². The zero-order valence-electron chi connectivity index (χ0n) is 7.84. The van der Waals surface area contributed by atoms with E-state index in [0.29, 0.717) is 0 Å². The molecule has 2 N–H and O–H groups in total. The van der Waals surface area contributed by atoms with Crippen LogP contribution in [0.2, 0.25) is 0 Å². The van der Waals surface area contributed by atoms with Crippen LogP contribution in [0, 0.1) is 6.92 Å². The second-order valence-corrected chi connectivity index (χ2v) is 3.18. The van der Waals surface area contributed by atoms with Gasteiger partial charge < -0.3 is 10.2 Å². The van der Waals surface area contributed by atoms with Crippen molar-refractivity contribution >= 4 is 0 Å². The molecule has 1 aromatic rings. The van der Waals surface area contributed by atoms with Crippen molar-refractivity contribution in [2.75, 3.05) is 0 Å². The Hall–Kier alpha value is -0.760. The van der Waals surface area contributed by atoms with Crippen LogP contribution >= 0.6 is 0 Å². The lowest BCUT2D eigenvalue weighted by atomic mass is 10.0. The number of nitrogens with two attached hydrogens (primary N) is 1. The Bertz CT molecular complexity index is 229. The number of rotatable bonds is 4. The van der Waals surface area contributed by atoms with Gasteiger partial charge in [-0.1, -0.05) is 19.8 Å². The largest absolute Gasteiger partial charge is 0.469 e. The first-order chi connectivity index (χ1) is 5.75. The van der Waals surface area contributed by atoms with Crippen molar-refractivity contribution in [3.8, 4) is 0 Å². The molecule has 1 rings (SSSR count). The number of hydrogen-bond acceptors (Lipinski definition) is 2. The molecule has 0 bridgehead atoms. The summed E-state index contributed by atoms with van der Waals surface area (Å²) in [5, 5.41) is 0. The smallest absolute Gasteiger partial charge is 0.105 e. The van der Waals surface area contributed by atoms with Gasteiger partial charge in [0, 0.05) is 11.6 Å². The van der Waals surface area contributed by atoms with Crippen LogP contribution in [-0.2, 0) is 0 Å². The standard InChI is InChI=1S/C10H17NO/c1-3-4-5-10(11)9-6-7-12-8(9)2/h6-7,10H,3-5,11H2,1-2H3. The highest BCUT2D eigenvalue weighted by Gasteiger charge is 2.09. The third-order valence-electron chi connectivity index (χ3n) is 2.17. The van der Waals surface area contributed by atoms with E-state index in [2.05, 4.69) is 6.92 Å². The summed E-state index contributed by atoms with van der Waals surface area (Å²) in [6.07, 6.45) is 5.14. The molecule has 0 saturated heterocycles. The van der Waals surface area contributed by atoms with Crippen molar-refractivity contribution in [2.45, 2.75) is 39.2 Å². The molecule has 0 radical (unpaired) electrons. The molecule has 0 saturated carbocycles. The Morgan fingerprint density at radius 1 is 1.58 bits per heavy atom. The maximum atomic E-state index is 5.97. The Morgan fingerprint density at radius 2 is 2.33 bits per heavy atom. The van der Waals surface area contributed by atoms with Gasteiger partial charge >= 0.3 is 0 Å². The molecule has 2 heteroatoms. The van der Waals surface area contributed by atoms with Gasteiger partial charge in [-0.2, -0.15) is 0 Å². The molecule has 0 aromatic carbocycles. The number of hydrogen-bond donors (Lipinski definition) is 1. The van der Waals surface area contributed by atoms with Gasteiger partial charge in [0.25, 0.3) is 0 Å². The minimum absolute atomic E-state index is 0.156. The van der Waals surface area contributed by atoms with Crippen molar-refractivity contribution in [2.24, 2.45) is 5.73 Å². The highest BCUT2D eigenvalue weighted by molar-refractivity contribution is 5.19. The van der Waals surface area contributed by atoms with Crippen LogP contribution in [0.1, 0.15) is 43.6 Å². The summed E-state index contributed by atoms with van der Waals surface area (Å²) in [4.78, 5) is 0. The molecule has 68 valence electrons. The molecular weight excluding hydrogens is 150 g/mol. The number of aryl methyl sites for hydroxylation is 1. The van der Waals surface area contributed by atoms with Crippen molar-refractivity contribution in [3.05, 3.63) is 23.7 Å². The predicted octanol–water partition coefficient (Wildman–Crippen LogP) is 2.78. The Kier molecular flexibility index (Phi) is 3.35. The van der Waals surface area contributed by atoms with Crippen LogP contribution in [0.15, 0.2) is 16.7 Å². The maximum Gasteiger partial charge on any atom is 0.105 e. The van der Waals surface area contributed by atoms with Crippen LogP contribution < -0.4 is 5.73 Å². The molecule has 2 nitrogen and oxygen atoms in total. The van der Waals surface area contributed by atoms with Gasteiger partial charge in [-0.25, -0.2) is 0 Å². The van der Waals surface area contributed by atoms with Crippen LogP contribution in [0.4, 0.5) is 0 Å². The molecule has 0 fully saturated rings. The Labute approximate surface area is 73.8 Å². The van der Waals surface area contributed by atoms with Crippen molar-refractivity contribution in [1.29, 1.82) is 0 Å². The normalized spacial score (nSPS) is 13.2. The number of unbranched alkanes of at least 4 members (excludes halogenated alkanes) is 1. The monoisotopic (exact) mass is 167 g/mol. The predicted molar refractivity (Wildman–Crippen MR) is 49.9 cm³/mol. The zero-order valence-corrected chi connectivity index (χ0v) is 7.84. The Balaban J connectivity index is 2.52. The van der Waals surface area contributed by atoms with E-state index in [0.717, 1.165) is 17.7 Å². The van der Waals surface area contributed by atoms with Crippen LogP contribution in [0.25, 0.3) is 0 Å². The lowest BCUT2D eigenvalue weighted by molar-refractivity contribution is 0.517. The zero-order chi connectivity index (χ0) is 8.97. The molecule has 1 unspecified atom stereocenters. The molecule has 1 aromatic heterocycles. The molecule has 1 heterocycles. The van der Waals surface area contributed by atoms with Crippen molar-refractivity contribution in [1.82, 2.24) is 0 Å². The van der Waals surface area contributed by atoms with E-state index in [1.165, 1.54) is 12.8 Å². The molecule has 0 aliphatic carbocycles. The van der Waals surface area contributed by atoms with Gasteiger partial charge in [-0.05, 0) is 19.4 Å². The fourth-order valence-corrected chi connectivity index (χ4v) is 1.36. The minimum Gasteiger partial charge on any atom is -0.469 e. The second-order valence-electron chi connectivity index (χ2n) is 3.18. The highest BCUT2D eigenvalue weighted by Crippen LogP contribution is 2.20. The maximum absolute atomic E-state index is 5.97. The highest BCUT2D eigenvalue weighted by atomic mass is 16.3. The second kappa shape index (κ2) is 4.31. The summed E-state index contributed by atoms with van der Waals surface area (Å²) in [7, 11) is 0. The van der Waals surface area contributed by atoms with Crippen molar-refractivity contribution in [3.63, 3.8) is 0 Å². The van der Waals surface area contributed by atoms with E-state index in [1.807, 2.05) is 13.0 Å². The number of furan rings is 1. The first-order valence-electron chi connectivity index (χ1n) is 4.55. The molecule has 0 aliphatic heterocycles. The Morgan fingerprint density at radius 3 is 2.83 bits per heavy atom. The third-order valence-corrected chi connectivity index (χ3v) is 2.17. The molecule has 12 heavy (non-hydrogen) atoms. The first-order valence-corrected chi connectivity index (χ1v) is 4.55. The minimum atomic E-state index is 0.156. The molecule has 1 atom stereocenters. The molecule has 0 amide bonds. The fourth-order valence-electron chi connectivity index (χ4n) is 1.36. The topological polar surface area (TPSA) is 39.2 Å². The SMILES string of the molecule is CCCCC(N)c1ccoc1C. The third kappa shape index (κ3) is 2.11. The van der Waals surface area contributed by atoms with Gasteiger partial charge in [-0.3, -0.25) is 0 Å². The van der Waals surface area contributed by atoms with E-state index < -0.39 is 0 Å². The van der Waals surface area contributed by atoms with Gasteiger partial charge in [0.2, 0.25) is 0 Å². The van der Waals surface area contributed by atoms with E-state index >= 15 is 0 Å². The quantitative estimate of drug-likeness (QED) is 0.748. The molecule has 0 aliphatic rings. The molecule has 0 spiro atoms. The van der Waals surface area contributed by atoms with E-state index in [9.17, 15) is 0 Å². The lowest BCUT2D eigenvalue weighted by Crippen LogP contribution is -2.09. The summed E-state index contributed by atoms with van der Waals surface area (Å²) in [6, 6.07) is 2.12. The average molecular weight is 167 g/mol. The fraction of sp³-hybridized carbons (Fsp3) is 0.600. The summed E-state index contributed by atoms with van der Waals surface area (Å²) < 4.78 is 5.19. The van der Waals surface area contributed by atoms with E-state index in [4.69, 9.17) is 10.2 Å². The van der Waals surface area contributed by atoms with Gasteiger partial charge in [0.1, 0.15) is 5.76 Å². The van der Waals surface area contributed by atoms with Crippen LogP contribution in [0.3, 0.4) is 0 Å². The summed E-state index contributed by atoms with van der Waals surface area (Å²) >= 11 is 0. The van der Waals surface area contributed by atoms with E-state index in [-0.39, 0.29) is 6.04 Å². The van der Waals surface area contributed by atoms with Crippen molar-refractivity contribution < 1.29 is 4.42 Å².